The van der Waals surface area contributed by atoms with Crippen molar-refractivity contribution in [2.45, 2.75) is 44.4 Å². The number of halogens is 1. The van der Waals surface area contributed by atoms with Crippen LogP contribution in [0, 0.1) is 11.8 Å². The molecule has 1 aromatic heterocycles. The monoisotopic (exact) mass is 333 g/mol. The van der Waals surface area contributed by atoms with Crippen LogP contribution in [0.1, 0.15) is 49.3 Å². The Morgan fingerprint density at radius 2 is 2.19 bits per heavy atom. The molecule has 1 amide bonds. The van der Waals surface area contributed by atoms with Gasteiger partial charge in [-0.1, -0.05) is 26.7 Å². The third kappa shape index (κ3) is 3.58. The van der Waals surface area contributed by atoms with Gasteiger partial charge in [-0.15, -0.1) is 0 Å². The van der Waals surface area contributed by atoms with Gasteiger partial charge in [0.2, 0.25) is 0 Å². The minimum atomic E-state index is -4.01. The number of hydrogen-bond donors (Lipinski definition) is 2. The zero-order valence-electron chi connectivity index (χ0n) is 12.1. The van der Waals surface area contributed by atoms with Crippen molar-refractivity contribution >= 4 is 25.6 Å². The minimum absolute atomic E-state index is 0.146. The van der Waals surface area contributed by atoms with E-state index in [2.05, 4.69) is 22.4 Å². The number of carbonyl (C=O) groups is 1. The number of nitrogens with one attached hydrogen (secondary N) is 2. The van der Waals surface area contributed by atoms with Crippen LogP contribution in [0.3, 0.4) is 0 Å². The molecule has 2 atom stereocenters. The van der Waals surface area contributed by atoms with Crippen LogP contribution in [-0.4, -0.2) is 31.1 Å². The predicted octanol–water partition coefficient (Wildman–Crippen LogP) is 2.07. The molecule has 118 valence electrons. The summed E-state index contributed by atoms with van der Waals surface area (Å²) in [5.41, 5.74) is 0.205. The molecular weight excluding hydrogens is 314 g/mol. The van der Waals surface area contributed by atoms with Crippen molar-refractivity contribution in [3.05, 3.63) is 11.4 Å². The standard InChI is InChI=1S/C13H20ClN3O3S/c1-3-10-12(21(14,19)20)11(17-16-10)13(18)15-7-9-6-4-5-8(9)2/h8-9H,3-7H2,1-2H3,(H,15,18)(H,16,17). The first-order chi connectivity index (χ1) is 9.84. The maximum atomic E-state index is 12.2. The fraction of sp³-hybridized carbons (Fsp3) is 0.692. The second kappa shape index (κ2) is 6.36. The van der Waals surface area contributed by atoms with Crippen LogP contribution < -0.4 is 5.32 Å². The Labute approximate surface area is 129 Å². The van der Waals surface area contributed by atoms with Crippen molar-refractivity contribution in [1.82, 2.24) is 15.5 Å². The number of aryl methyl sites for hydroxylation is 1. The summed E-state index contributed by atoms with van der Waals surface area (Å²) in [6.07, 6.45) is 3.83. The molecule has 2 unspecified atom stereocenters. The Balaban J connectivity index is 2.14. The molecule has 0 spiro atoms. The van der Waals surface area contributed by atoms with E-state index in [9.17, 15) is 13.2 Å². The molecular formula is C13H20ClN3O3S. The summed E-state index contributed by atoms with van der Waals surface area (Å²) >= 11 is 0. The first kappa shape index (κ1) is 16.3. The van der Waals surface area contributed by atoms with Gasteiger partial charge < -0.3 is 5.32 Å². The smallest absolute Gasteiger partial charge is 0.273 e. The fourth-order valence-electron chi connectivity index (χ4n) is 2.86. The highest BCUT2D eigenvalue weighted by atomic mass is 35.7. The third-order valence-electron chi connectivity index (χ3n) is 4.17. The minimum Gasteiger partial charge on any atom is -0.350 e. The van der Waals surface area contributed by atoms with Crippen LogP contribution in [0.4, 0.5) is 0 Å². The van der Waals surface area contributed by atoms with Gasteiger partial charge in [0.15, 0.2) is 5.69 Å². The first-order valence-corrected chi connectivity index (χ1v) is 9.45. The molecule has 21 heavy (non-hydrogen) atoms. The molecule has 8 heteroatoms. The van der Waals surface area contributed by atoms with Crippen molar-refractivity contribution in [2.24, 2.45) is 11.8 Å². The van der Waals surface area contributed by atoms with E-state index in [1.54, 1.807) is 6.92 Å². The zero-order chi connectivity index (χ0) is 15.6. The summed E-state index contributed by atoms with van der Waals surface area (Å²) < 4.78 is 23.3. The fourth-order valence-corrected chi connectivity index (χ4v) is 4.21. The van der Waals surface area contributed by atoms with Crippen LogP contribution in [0.25, 0.3) is 0 Å². The average Bonchev–Trinajstić information content (AvgIpc) is 3.01. The predicted molar refractivity (Wildman–Crippen MR) is 79.8 cm³/mol. The Morgan fingerprint density at radius 3 is 2.71 bits per heavy atom. The topological polar surface area (TPSA) is 91.9 Å². The lowest BCUT2D eigenvalue weighted by Gasteiger charge is -2.15. The van der Waals surface area contributed by atoms with Crippen LogP contribution in [0.5, 0.6) is 0 Å². The Hall–Kier alpha value is -1.08. The summed E-state index contributed by atoms with van der Waals surface area (Å²) in [5, 5.41) is 9.17. The van der Waals surface area contributed by atoms with Gasteiger partial charge in [-0.25, -0.2) is 8.42 Å². The number of hydrogen-bond acceptors (Lipinski definition) is 4. The van der Waals surface area contributed by atoms with Crippen molar-refractivity contribution in [3.8, 4) is 0 Å². The van der Waals surface area contributed by atoms with Crippen LogP contribution >= 0.6 is 10.7 Å². The molecule has 1 fully saturated rings. The molecule has 2 rings (SSSR count). The lowest BCUT2D eigenvalue weighted by Crippen LogP contribution is -2.31. The Morgan fingerprint density at radius 1 is 1.48 bits per heavy atom. The van der Waals surface area contributed by atoms with Gasteiger partial charge in [-0.3, -0.25) is 9.89 Å². The lowest BCUT2D eigenvalue weighted by atomic mass is 9.98. The summed E-state index contributed by atoms with van der Waals surface area (Å²) in [5.74, 6) is 0.519. The first-order valence-electron chi connectivity index (χ1n) is 7.14. The van der Waals surface area contributed by atoms with Gasteiger partial charge in [0.25, 0.3) is 15.0 Å². The number of nitrogens with zero attached hydrogens (tertiary/aromatic N) is 1. The molecule has 0 aliphatic heterocycles. The zero-order valence-corrected chi connectivity index (χ0v) is 13.7. The SMILES string of the molecule is CCc1[nH]nc(C(=O)NCC2CCCC2C)c1S(=O)(=O)Cl. The molecule has 0 saturated heterocycles. The third-order valence-corrected chi connectivity index (χ3v) is 5.56. The highest BCUT2D eigenvalue weighted by molar-refractivity contribution is 8.13. The molecule has 0 radical (unpaired) electrons. The number of H-pyrrole nitrogens is 1. The maximum Gasteiger partial charge on any atom is 0.273 e. The number of aromatic amines is 1. The largest absolute Gasteiger partial charge is 0.350 e. The van der Waals surface area contributed by atoms with E-state index < -0.39 is 15.0 Å². The van der Waals surface area contributed by atoms with E-state index >= 15 is 0 Å². The van der Waals surface area contributed by atoms with E-state index in [0.29, 0.717) is 30.5 Å². The van der Waals surface area contributed by atoms with Crippen LogP contribution in [0.15, 0.2) is 4.90 Å². The van der Waals surface area contributed by atoms with E-state index in [-0.39, 0.29) is 10.6 Å². The second-order valence-electron chi connectivity index (χ2n) is 5.55. The van der Waals surface area contributed by atoms with Gasteiger partial charge in [0.1, 0.15) is 4.90 Å². The van der Waals surface area contributed by atoms with Crippen LogP contribution in [0.2, 0.25) is 0 Å². The average molecular weight is 334 g/mol. The van der Waals surface area contributed by atoms with Crippen LogP contribution in [-0.2, 0) is 15.5 Å². The molecule has 0 aromatic carbocycles. The molecule has 1 aliphatic carbocycles. The lowest BCUT2D eigenvalue weighted by molar-refractivity contribution is 0.0936. The molecule has 1 saturated carbocycles. The number of amides is 1. The summed E-state index contributed by atoms with van der Waals surface area (Å²) in [4.78, 5) is 12.0. The Bertz CT molecular complexity index is 627. The van der Waals surface area contributed by atoms with Crippen molar-refractivity contribution in [2.75, 3.05) is 6.54 Å². The molecule has 1 heterocycles. The summed E-state index contributed by atoms with van der Waals surface area (Å²) in [6, 6.07) is 0. The van der Waals surface area contributed by atoms with E-state index in [1.807, 2.05) is 0 Å². The van der Waals surface area contributed by atoms with Gasteiger partial charge in [-0.2, -0.15) is 5.10 Å². The van der Waals surface area contributed by atoms with E-state index in [1.165, 1.54) is 12.8 Å². The molecule has 0 bridgehead atoms. The molecule has 1 aromatic rings. The second-order valence-corrected chi connectivity index (χ2v) is 8.05. The van der Waals surface area contributed by atoms with E-state index in [0.717, 1.165) is 6.42 Å². The summed E-state index contributed by atoms with van der Waals surface area (Å²) in [6.45, 7) is 4.47. The van der Waals surface area contributed by atoms with Crippen molar-refractivity contribution < 1.29 is 13.2 Å². The number of carbonyl (C=O) groups excluding carboxylic acids is 1. The molecule has 6 nitrogen and oxygen atoms in total. The van der Waals surface area contributed by atoms with E-state index in [4.69, 9.17) is 10.7 Å². The van der Waals surface area contributed by atoms with Gasteiger partial charge in [0.05, 0.1) is 5.69 Å². The van der Waals surface area contributed by atoms with Gasteiger partial charge >= 0.3 is 0 Å². The van der Waals surface area contributed by atoms with Gasteiger partial charge in [0, 0.05) is 17.2 Å². The number of rotatable bonds is 5. The Kier molecular flexibility index (Phi) is 4.93. The maximum absolute atomic E-state index is 12.2. The molecule has 1 aliphatic rings. The quantitative estimate of drug-likeness (QED) is 0.807. The normalized spacial score (nSPS) is 22.4. The van der Waals surface area contributed by atoms with Crippen molar-refractivity contribution in [3.63, 3.8) is 0 Å². The molecule has 2 N–H and O–H groups in total. The van der Waals surface area contributed by atoms with Crippen molar-refractivity contribution in [1.29, 1.82) is 0 Å². The highest BCUT2D eigenvalue weighted by Gasteiger charge is 2.29. The number of aromatic nitrogens is 2. The highest BCUT2D eigenvalue weighted by Crippen LogP contribution is 2.30. The summed E-state index contributed by atoms with van der Waals surface area (Å²) in [7, 11) is 1.41. The van der Waals surface area contributed by atoms with Gasteiger partial charge in [-0.05, 0) is 24.7 Å².